The quantitative estimate of drug-likeness (QED) is 0.182. The van der Waals surface area contributed by atoms with E-state index in [2.05, 4.69) is 10.2 Å². The molecule has 1 fully saturated rings. The van der Waals surface area contributed by atoms with Gasteiger partial charge >= 0.3 is 12.0 Å². The van der Waals surface area contributed by atoms with Crippen LogP contribution < -0.4 is 0 Å². The Bertz CT molecular complexity index is 1780. The molecule has 4 aromatic carbocycles. The molecule has 5 aromatic rings. The first-order valence-electron chi connectivity index (χ1n) is 15.7. The molecular weight excluding hydrogens is 592 g/mol. The van der Waals surface area contributed by atoms with Crippen molar-refractivity contribution in [3.63, 3.8) is 0 Å². The van der Waals surface area contributed by atoms with Crippen LogP contribution in [-0.4, -0.2) is 73.6 Å². The van der Waals surface area contributed by atoms with Crippen molar-refractivity contribution in [2.75, 3.05) is 7.11 Å². The van der Waals surface area contributed by atoms with Crippen molar-refractivity contribution in [1.29, 1.82) is 0 Å². The van der Waals surface area contributed by atoms with Crippen LogP contribution in [0.5, 0.6) is 0 Å². The number of nitrogens with one attached hydrogen (secondary N) is 1. The minimum absolute atomic E-state index is 0.105. The molecule has 0 spiro atoms. The fourth-order valence-electron chi connectivity index (χ4n) is 6.38. The zero-order valence-corrected chi connectivity index (χ0v) is 26.1. The molecule has 9 heteroatoms. The summed E-state index contributed by atoms with van der Waals surface area (Å²) in [6.07, 6.45) is -0.168. The van der Waals surface area contributed by atoms with Crippen molar-refractivity contribution in [3.05, 3.63) is 149 Å². The number of aromatic amines is 1. The van der Waals surface area contributed by atoms with Crippen molar-refractivity contribution in [2.45, 2.75) is 50.2 Å². The third-order valence-electron chi connectivity index (χ3n) is 8.80. The number of H-pyrrole nitrogens is 1. The van der Waals surface area contributed by atoms with Gasteiger partial charge in [-0.1, -0.05) is 91.0 Å². The average Bonchev–Trinajstić information content (AvgIpc) is 3.65. The van der Waals surface area contributed by atoms with Gasteiger partial charge in [0.05, 0.1) is 30.5 Å². The number of rotatable bonds is 10. The number of esters is 1. The first-order valence-corrected chi connectivity index (χ1v) is 15.7. The first kappa shape index (κ1) is 31.7. The highest BCUT2D eigenvalue weighted by Crippen LogP contribution is 2.31. The molecule has 2 amide bonds. The number of urea groups is 1. The maximum absolute atomic E-state index is 15.0. The molecule has 0 unspecified atom stereocenters. The molecule has 1 aliphatic rings. The average molecular weight is 631 g/mol. The molecule has 0 bridgehead atoms. The second kappa shape index (κ2) is 14.5. The second-order valence-corrected chi connectivity index (χ2v) is 11.9. The standard InChI is InChI=1S/C38H38N4O5/c1-47-37(45)31-17-9-15-29(21-31)25-42-34(23-27-12-6-3-7-13-27)36(44)35(43)33(22-26-10-4-2-5-11-26)41(38(42)46)24-28-14-8-16-30(20-28)32-18-19-39-40-32/h2-21,33-36,43-44H,22-25H2,1H3,(H,39,40)/t33-,34-,35+,36+/m1/s1. The van der Waals surface area contributed by atoms with Crippen LogP contribution in [0, 0.1) is 0 Å². The summed E-state index contributed by atoms with van der Waals surface area (Å²) in [6, 6.07) is 34.2. The van der Waals surface area contributed by atoms with Gasteiger partial charge in [0.2, 0.25) is 0 Å². The molecule has 1 aliphatic heterocycles. The van der Waals surface area contributed by atoms with Crippen LogP contribution in [0.3, 0.4) is 0 Å². The van der Waals surface area contributed by atoms with E-state index in [1.165, 1.54) is 7.11 Å². The molecule has 9 nitrogen and oxygen atoms in total. The van der Waals surface area contributed by atoms with E-state index in [1.54, 1.807) is 34.2 Å². The third-order valence-corrected chi connectivity index (χ3v) is 8.80. The number of amides is 2. The van der Waals surface area contributed by atoms with E-state index in [4.69, 9.17) is 4.74 Å². The molecular formula is C38H38N4O5. The minimum Gasteiger partial charge on any atom is -0.465 e. The largest absolute Gasteiger partial charge is 0.465 e. The van der Waals surface area contributed by atoms with Gasteiger partial charge in [-0.15, -0.1) is 0 Å². The highest BCUT2D eigenvalue weighted by atomic mass is 16.5. The molecule has 1 saturated heterocycles. The maximum atomic E-state index is 15.0. The number of hydrogen-bond donors (Lipinski definition) is 3. The molecule has 240 valence electrons. The molecule has 4 atom stereocenters. The van der Waals surface area contributed by atoms with E-state index in [1.807, 2.05) is 97.1 Å². The highest BCUT2D eigenvalue weighted by molar-refractivity contribution is 5.89. The maximum Gasteiger partial charge on any atom is 0.337 e. The number of aliphatic hydroxyl groups excluding tert-OH is 2. The van der Waals surface area contributed by atoms with Crippen LogP contribution in [0.2, 0.25) is 0 Å². The number of ether oxygens (including phenoxy) is 1. The van der Waals surface area contributed by atoms with Crippen molar-refractivity contribution in [3.8, 4) is 11.3 Å². The Morgan fingerprint density at radius 3 is 1.79 bits per heavy atom. The van der Waals surface area contributed by atoms with Crippen LogP contribution in [0.25, 0.3) is 11.3 Å². The molecule has 0 radical (unpaired) electrons. The molecule has 6 rings (SSSR count). The predicted octanol–water partition coefficient (Wildman–Crippen LogP) is 5.25. The number of carbonyl (C=O) groups is 2. The topological polar surface area (TPSA) is 119 Å². The molecule has 3 N–H and O–H groups in total. The monoisotopic (exact) mass is 630 g/mol. The lowest BCUT2D eigenvalue weighted by Crippen LogP contribution is -2.50. The van der Waals surface area contributed by atoms with Gasteiger partial charge in [0.25, 0.3) is 0 Å². The fourth-order valence-corrected chi connectivity index (χ4v) is 6.38. The molecule has 1 aromatic heterocycles. The predicted molar refractivity (Wildman–Crippen MR) is 178 cm³/mol. The van der Waals surface area contributed by atoms with E-state index >= 15 is 0 Å². The van der Waals surface area contributed by atoms with Crippen LogP contribution in [0.1, 0.15) is 32.6 Å². The van der Waals surface area contributed by atoms with Gasteiger partial charge in [-0.2, -0.15) is 5.10 Å². The van der Waals surface area contributed by atoms with Gasteiger partial charge < -0.3 is 24.7 Å². The lowest BCUT2D eigenvalue weighted by atomic mass is 9.90. The zero-order chi connectivity index (χ0) is 32.8. The Balaban J connectivity index is 1.43. The van der Waals surface area contributed by atoms with Crippen LogP contribution in [0.15, 0.2) is 121 Å². The van der Waals surface area contributed by atoms with E-state index in [0.29, 0.717) is 24.0 Å². The van der Waals surface area contributed by atoms with Crippen LogP contribution in [-0.2, 0) is 30.7 Å². The Kier molecular flexibility index (Phi) is 9.75. The van der Waals surface area contributed by atoms with E-state index < -0.39 is 30.3 Å². The second-order valence-electron chi connectivity index (χ2n) is 11.9. The van der Waals surface area contributed by atoms with Crippen LogP contribution >= 0.6 is 0 Å². The van der Waals surface area contributed by atoms with Gasteiger partial charge in [0.15, 0.2) is 0 Å². The fraction of sp³-hybridized carbons (Fsp3) is 0.237. The normalized spacial score (nSPS) is 19.8. The van der Waals surface area contributed by atoms with Gasteiger partial charge in [-0.05, 0) is 64.9 Å². The summed E-state index contributed by atoms with van der Waals surface area (Å²) in [6.45, 7) is 0.298. The van der Waals surface area contributed by atoms with Crippen LogP contribution in [0.4, 0.5) is 4.79 Å². The number of aromatic nitrogens is 2. The van der Waals surface area contributed by atoms with Gasteiger partial charge in [0, 0.05) is 19.3 Å². The van der Waals surface area contributed by atoms with Crippen molar-refractivity contribution >= 4 is 12.0 Å². The Morgan fingerprint density at radius 1 is 0.723 bits per heavy atom. The number of benzene rings is 4. The SMILES string of the molecule is COC(=O)c1cccc(CN2C(=O)N(Cc3cccc(-c4ccn[nH]4)c3)[C@H](Cc3ccccc3)[C@H](O)[C@@H](O)[C@H]2Cc2ccccc2)c1. The lowest BCUT2D eigenvalue weighted by Gasteiger charge is -2.36. The minimum atomic E-state index is -1.27. The summed E-state index contributed by atoms with van der Waals surface area (Å²) >= 11 is 0. The first-order chi connectivity index (χ1) is 22.9. The van der Waals surface area contributed by atoms with Gasteiger partial charge in [-0.25, -0.2) is 9.59 Å². The van der Waals surface area contributed by atoms with Gasteiger partial charge in [0.1, 0.15) is 12.2 Å². The summed E-state index contributed by atoms with van der Waals surface area (Å²) in [4.78, 5) is 30.7. The third kappa shape index (κ3) is 7.27. The van der Waals surface area contributed by atoms with E-state index in [0.717, 1.165) is 27.9 Å². The number of carbonyl (C=O) groups excluding carboxylic acids is 2. The van der Waals surface area contributed by atoms with Crippen molar-refractivity contribution < 1.29 is 24.5 Å². The Hall–Kier alpha value is -5.25. The number of hydrogen-bond acceptors (Lipinski definition) is 6. The van der Waals surface area contributed by atoms with Crippen molar-refractivity contribution in [1.82, 2.24) is 20.0 Å². The van der Waals surface area contributed by atoms with Crippen molar-refractivity contribution in [2.24, 2.45) is 0 Å². The molecule has 2 heterocycles. The summed E-state index contributed by atoms with van der Waals surface area (Å²) < 4.78 is 4.94. The molecule has 0 saturated carbocycles. The van der Waals surface area contributed by atoms with E-state index in [9.17, 15) is 19.8 Å². The summed E-state index contributed by atoms with van der Waals surface area (Å²) in [5.74, 6) is -0.480. The smallest absolute Gasteiger partial charge is 0.337 e. The highest BCUT2D eigenvalue weighted by Gasteiger charge is 2.46. The summed E-state index contributed by atoms with van der Waals surface area (Å²) in [5.41, 5.74) is 5.54. The lowest BCUT2D eigenvalue weighted by molar-refractivity contribution is -0.0408. The number of methoxy groups -OCH3 is 1. The molecule has 47 heavy (non-hydrogen) atoms. The van der Waals surface area contributed by atoms with E-state index in [-0.39, 0.29) is 19.1 Å². The number of aliphatic hydroxyl groups is 2. The Morgan fingerprint density at radius 2 is 1.26 bits per heavy atom. The zero-order valence-electron chi connectivity index (χ0n) is 26.1. The molecule has 0 aliphatic carbocycles. The number of nitrogens with zero attached hydrogens (tertiary/aromatic N) is 3. The summed E-state index contributed by atoms with van der Waals surface area (Å²) in [5, 5.41) is 31.0. The summed E-state index contributed by atoms with van der Waals surface area (Å²) in [7, 11) is 1.33. The Labute approximate surface area is 274 Å². The van der Waals surface area contributed by atoms with Gasteiger partial charge in [-0.3, -0.25) is 5.10 Å².